The summed E-state index contributed by atoms with van der Waals surface area (Å²) in [5.41, 5.74) is 6.91. The van der Waals surface area contributed by atoms with Crippen molar-refractivity contribution < 1.29 is 39.3 Å². The quantitative estimate of drug-likeness (QED) is 0.0654. The van der Waals surface area contributed by atoms with E-state index in [0.29, 0.717) is 11.4 Å². The van der Waals surface area contributed by atoms with E-state index in [9.17, 15) is 9.59 Å². The number of unbranched alkanes of at least 4 members (excludes halogenated alkanes) is 5. The average Bonchev–Trinajstić information content (AvgIpc) is 3.67. The monoisotopic (exact) mass is 799 g/mol. The van der Waals surface area contributed by atoms with Gasteiger partial charge in [-0.15, -0.1) is 11.3 Å². The van der Waals surface area contributed by atoms with Gasteiger partial charge < -0.3 is 22.0 Å². The van der Waals surface area contributed by atoms with Crippen LogP contribution in [0.5, 0.6) is 0 Å². The van der Waals surface area contributed by atoms with E-state index in [1.807, 2.05) is 60.1 Å². The molecule has 6 aromatic heterocycles. The summed E-state index contributed by atoms with van der Waals surface area (Å²) in [4.78, 5) is 44.8. The predicted molar refractivity (Wildman–Crippen MR) is 197 cm³/mol. The van der Waals surface area contributed by atoms with E-state index in [2.05, 4.69) is 50.4 Å². The zero-order valence-electron chi connectivity index (χ0n) is 28.5. The third-order valence-electron chi connectivity index (χ3n) is 7.71. The SMILES string of the molecule is CCCCCCCCc1csc(-c2cc(-c3ccccn3)nc(-c3ccccn3)c2)c1.O=C(O)c1ccnc(-c2cc(C(=O)O)ccn2)c1.[C-]#N.[Ru]. The van der Waals surface area contributed by atoms with Gasteiger partial charge in [-0.25, -0.2) is 14.6 Å². The normalized spacial score (nSPS) is 10.1. The van der Waals surface area contributed by atoms with Gasteiger partial charge in [-0.1, -0.05) is 51.2 Å². The maximum Gasteiger partial charge on any atom is 0.335 e. The number of hydrogen-bond acceptors (Lipinski definition) is 9. The van der Waals surface area contributed by atoms with Gasteiger partial charge in [0.1, 0.15) is 0 Å². The Morgan fingerprint density at radius 1 is 0.635 bits per heavy atom. The Hall–Kier alpha value is -5.50. The van der Waals surface area contributed by atoms with Crippen LogP contribution in [0.25, 0.3) is 44.6 Å². The second-order valence-corrected chi connectivity index (χ2v) is 12.3. The molecule has 0 aromatic carbocycles. The number of aryl methyl sites for hydroxylation is 1. The zero-order valence-corrected chi connectivity index (χ0v) is 31.1. The summed E-state index contributed by atoms with van der Waals surface area (Å²) >= 11 is 1.81. The van der Waals surface area contributed by atoms with Crippen LogP contribution in [0.1, 0.15) is 71.7 Å². The largest absolute Gasteiger partial charge is 0.512 e. The van der Waals surface area contributed by atoms with E-state index in [1.165, 1.54) is 91.2 Å². The number of aromatic nitrogens is 5. The van der Waals surface area contributed by atoms with Gasteiger partial charge in [-0.3, -0.25) is 19.9 Å². The molecule has 0 bridgehead atoms. The molecule has 0 saturated carbocycles. The van der Waals surface area contributed by atoms with Gasteiger partial charge in [-0.05, 0) is 96.1 Å². The van der Waals surface area contributed by atoms with E-state index in [-0.39, 0.29) is 30.6 Å². The summed E-state index contributed by atoms with van der Waals surface area (Å²) in [7, 11) is 0. The first-order valence-corrected chi connectivity index (χ1v) is 17.3. The molecule has 0 fully saturated rings. The van der Waals surface area contributed by atoms with E-state index < -0.39 is 11.9 Å². The van der Waals surface area contributed by atoms with Crippen LogP contribution in [-0.4, -0.2) is 47.1 Å². The molecule has 266 valence electrons. The van der Waals surface area contributed by atoms with Crippen LogP contribution >= 0.6 is 11.3 Å². The number of carboxylic acid groups (broad SMARTS) is 2. The topological polar surface area (TPSA) is 163 Å². The zero-order chi connectivity index (χ0) is 36.4. The Morgan fingerprint density at radius 2 is 1.13 bits per heavy atom. The van der Waals surface area contributed by atoms with E-state index in [4.69, 9.17) is 27.0 Å². The Balaban J connectivity index is 0.000000297. The van der Waals surface area contributed by atoms with E-state index in [0.717, 1.165) is 29.2 Å². The number of thiophene rings is 1. The van der Waals surface area contributed by atoms with Gasteiger partial charge >= 0.3 is 11.9 Å². The Bertz CT molecular complexity index is 1930. The molecule has 6 aromatic rings. The molecule has 0 unspecified atom stereocenters. The van der Waals surface area contributed by atoms with Crippen LogP contribution in [0.15, 0.2) is 109 Å². The molecular weight excluding hydrogens is 762 g/mol. The molecule has 12 heteroatoms. The first-order valence-electron chi connectivity index (χ1n) is 16.5. The summed E-state index contributed by atoms with van der Waals surface area (Å²) in [6, 6.07) is 23.9. The van der Waals surface area contributed by atoms with Crippen LogP contribution in [0, 0.1) is 11.8 Å². The molecule has 0 aliphatic carbocycles. The summed E-state index contributed by atoms with van der Waals surface area (Å²) < 4.78 is 0. The number of nitrogens with zero attached hydrogens (tertiary/aromatic N) is 6. The van der Waals surface area contributed by atoms with E-state index >= 15 is 0 Å². The maximum absolute atomic E-state index is 10.8. The van der Waals surface area contributed by atoms with Crippen molar-refractivity contribution in [3.05, 3.63) is 132 Å². The molecule has 0 amide bonds. The molecule has 10 nitrogen and oxygen atoms in total. The first kappa shape index (κ1) is 40.9. The van der Waals surface area contributed by atoms with Crippen molar-refractivity contribution in [2.45, 2.75) is 51.9 Å². The Morgan fingerprint density at radius 3 is 1.62 bits per heavy atom. The van der Waals surface area contributed by atoms with Crippen molar-refractivity contribution in [1.29, 1.82) is 5.26 Å². The molecular formula is C40H37N6O4RuS-. The summed E-state index contributed by atoms with van der Waals surface area (Å²) in [6.45, 7) is 7.02. The summed E-state index contributed by atoms with van der Waals surface area (Å²) in [5, 5.41) is 26.3. The molecule has 52 heavy (non-hydrogen) atoms. The third-order valence-corrected chi connectivity index (χ3v) is 8.74. The summed E-state index contributed by atoms with van der Waals surface area (Å²) in [5.74, 6) is -2.15. The van der Waals surface area contributed by atoms with Crippen LogP contribution in [0.3, 0.4) is 0 Å². The van der Waals surface area contributed by atoms with Crippen LogP contribution < -0.4 is 0 Å². The smallest absolute Gasteiger partial charge is 0.335 e. The van der Waals surface area contributed by atoms with Gasteiger partial charge in [0.25, 0.3) is 0 Å². The standard InChI is InChI=1S/C27H29N3S.C12H8N2O4.CN.Ru/c1-2-3-4-5-6-7-12-21-17-27(31-20-21)22-18-25(23-13-8-10-15-28-23)30-26(19-22)24-14-9-11-16-29-24;15-11(16)7-1-3-13-9(5-7)10-6-8(12(17)18)2-4-14-10;1-2;/h8-11,13-20H,2-7,12H2,1H3;1-6H,(H,15,16)(H,17,18);;/q;;-1;. The molecule has 0 atom stereocenters. The molecule has 6 rings (SSSR count). The van der Waals surface area contributed by atoms with Gasteiger partial charge in [0.05, 0.1) is 45.3 Å². The number of carboxylic acids is 2. The number of rotatable bonds is 13. The predicted octanol–water partition coefficient (Wildman–Crippen LogP) is 9.47. The third kappa shape index (κ3) is 12.1. The van der Waals surface area contributed by atoms with Crippen LogP contribution in [0.2, 0.25) is 0 Å². The fourth-order valence-electron chi connectivity index (χ4n) is 5.14. The van der Waals surface area contributed by atoms with Crippen LogP contribution in [-0.2, 0) is 25.9 Å². The minimum Gasteiger partial charge on any atom is -0.512 e. The van der Waals surface area contributed by atoms with Crippen molar-refractivity contribution in [2.75, 3.05) is 0 Å². The molecule has 0 aliphatic heterocycles. The number of carbonyl (C=O) groups is 2. The minimum atomic E-state index is -1.08. The maximum atomic E-state index is 10.8. The van der Waals surface area contributed by atoms with Gasteiger partial charge in [0.15, 0.2) is 0 Å². The van der Waals surface area contributed by atoms with Gasteiger partial charge in [-0.2, -0.15) is 0 Å². The van der Waals surface area contributed by atoms with Crippen molar-refractivity contribution in [3.63, 3.8) is 0 Å². The molecule has 0 radical (unpaired) electrons. The number of aromatic carboxylic acids is 2. The Labute approximate surface area is 320 Å². The fraction of sp³-hybridized carbons (Fsp3) is 0.200. The van der Waals surface area contributed by atoms with E-state index in [1.54, 1.807) is 0 Å². The van der Waals surface area contributed by atoms with Gasteiger partial charge in [0, 0.05) is 49.1 Å². The van der Waals surface area contributed by atoms with Crippen molar-refractivity contribution >= 4 is 23.3 Å². The van der Waals surface area contributed by atoms with Crippen molar-refractivity contribution in [2.24, 2.45) is 0 Å². The fourth-order valence-corrected chi connectivity index (χ4v) is 6.08. The average molecular weight is 799 g/mol. The molecule has 0 spiro atoms. The van der Waals surface area contributed by atoms with Crippen molar-refractivity contribution in [1.82, 2.24) is 24.9 Å². The number of hydrogen-bond donors (Lipinski definition) is 2. The molecule has 0 saturated heterocycles. The molecule has 0 aliphatic rings. The minimum absolute atomic E-state index is 0. The second-order valence-electron chi connectivity index (χ2n) is 11.4. The molecule has 2 N–H and O–H groups in total. The van der Waals surface area contributed by atoms with Crippen molar-refractivity contribution in [3.8, 4) is 44.6 Å². The summed E-state index contributed by atoms with van der Waals surface area (Å²) in [6.07, 6.45) is 15.5. The number of pyridine rings is 5. The van der Waals surface area contributed by atoms with Crippen LogP contribution in [0.4, 0.5) is 0 Å². The Kier molecular flexibility index (Phi) is 17.0. The molecule has 6 heterocycles. The first-order chi connectivity index (χ1) is 24.9. The van der Waals surface area contributed by atoms with Gasteiger partial charge in [0.2, 0.25) is 0 Å². The second kappa shape index (κ2) is 21.7.